The van der Waals surface area contributed by atoms with Gasteiger partial charge in [0.25, 0.3) is 0 Å². The average molecular weight is 476 g/mol. The summed E-state index contributed by atoms with van der Waals surface area (Å²) in [6, 6.07) is 7.20. The Morgan fingerprint density at radius 3 is 2.53 bits per heavy atom. The maximum Gasteiger partial charge on any atom is 0.373 e. The molecule has 2 heterocycles. The number of carbonyl (C=O) groups excluding carboxylic acids is 2. The van der Waals surface area contributed by atoms with E-state index in [1.807, 2.05) is 0 Å². The predicted molar refractivity (Wildman–Crippen MR) is 108 cm³/mol. The van der Waals surface area contributed by atoms with Crippen molar-refractivity contribution in [2.24, 2.45) is 5.92 Å². The van der Waals surface area contributed by atoms with Gasteiger partial charge in [0, 0.05) is 18.1 Å². The van der Waals surface area contributed by atoms with Crippen molar-refractivity contribution in [3.8, 4) is 0 Å². The van der Waals surface area contributed by atoms with Gasteiger partial charge in [-0.15, -0.1) is 0 Å². The molecule has 1 aromatic heterocycles. The molecule has 0 amide bonds. The first kappa shape index (κ1) is 22.6. The molecule has 0 spiro atoms. The number of hydrogen-bond donors (Lipinski definition) is 0. The standard InChI is InChI=1S/C19H19Cl2NO7S/c1-27-19(24)16-5-3-14(29-16)11-28-18(23)12-6-8-22(9-7-12)30(25,26)17-10-13(20)2-4-15(17)21/h2-5,10,12H,6-9,11H2,1H3. The number of carbonyl (C=O) groups is 2. The fourth-order valence-corrected chi connectivity index (χ4v) is 5.28. The highest BCUT2D eigenvalue weighted by Crippen LogP contribution is 2.30. The van der Waals surface area contributed by atoms with Crippen LogP contribution in [0.5, 0.6) is 0 Å². The zero-order valence-corrected chi connectivity index (χ0v) is 18.3. The average Bonchev–Trinajstić information content (AvgIpc) is 3.22. The second kappa shape index (κ2) is 9.38. The summed E-state index contributed by atoms with van der Waals surface area (Å²) >= 11 is 11.9. The SMILES string of the molecule is COC(=O)c1ccc(COC(=O)C2CCN(S(=O)(=O)c3cc(Cl)ccc3Cl)CC2)o1. The summed E-state index contributed by atoms with van der Waals surface area (Å²) in [5.41, 5.74) is 0. The third-order valence-electron chi connectivity index (χ3n) is 4.70. The summed E-state index contributed by atoms with van der Waals surface area (Å²) in [5.74, 6) is -1.20. The van der Waals surface area contributed by atoms with Crippen LogP contribution in [0.3, 0.4) is 0 Å². The highest BCUT2D eigenvalue weighted by atomic mass is 35.5. The molecule has 2 aromatic rings. The lowest BCUT2D eigenvalue weighted by molar-refractivity contribution is -0.151. The summed E-state index contributed by atoms with van der Waals surface area (Å²) in [6.07, 6.45) is 0.615. The predicted octanol–water partition coefficient (Wildman–Crippen LogP) is 3.52. The first-order valence-electron chi connectivity index (χ1n) is 9.01. The van der Waals surface area contributed by atoms with E-state index in [9.17, 15) is 18.0 Å². The van der Waals surface area contributed by atoms with Crippen LogP contribution in [0.2, 0.25) is 10.0 Å². The Bertz CT molecular complexity index is 1040. The molecule has 8 nitrogen and oxygen atoms in total. The van der Waals surface area contributed by atoms with Crippen molar-refractivity contribution in [1.82, 2.24) is 4.31 Å². The van der Waals surface area contributed by atoms with Gasteiger partial charge in [-0.1, -0.05) is 23.2 Å². The van der Waals surface area contributed by atoms with Gasteiger partial charge in [-0.25, -0.2) is 13.2 Å². The Kier molecular flexibility index (Phi) is 7.07. The Hall–Kier alpha value is -2.07. The quantitative estimate of drug-likeness (QED) is 0.588. The minimum Gasteiger partial charge on any atom is -0.463 e. The van der Waals surface area contributed by atoms with E-state index in [0.29, 0.717) is 18.6 Å². The Balaban J connectivity index is 1.56. The van der Waals surface area contributed by atoms with E-state index < -0.39 is 27.9 Å². The number of esters is 2. The summed E-state index contributed by atoms with van der Waals surface area (Å²) in [6.45, 7) is 0.169. The third kappa shape index (κ3) is 4.97. The van der Waals surface area contributed by atoms with Crippen molar-refractivity contribution < 1.29 is 31.9 Å². The number of ether oxygens (including phenoxy) is 2. The minimum absolute atomic E-state index is 0.0155. The van der Waals surface area contributed by atoms with E-state index in [1.165, 1.54) is 41.7 Å². The number of sulfonamides is 1. The second-order valence-electron chi connectivity index (χ2n) is 6.62. The van der Waals surface area contributed by atoms with Crippen molar-refractivity contribution in [2.75, 3.05) is 20.2 Å². The number of rotatable bonds is 6. The number of methoxy groups -OCH3 is 1. The van der Waals surface area contributed by atoms with E-state index >= 15 is 0 Å². The topological polar surface area (TPSA) is 103 Å². The first-order chi connectivity index (χ1) is 14.2. The molecule has 1 saturated heterocycles. The largest absolute Gasteiger partial charge is 0.463 e. The van der Waals surface area contributed by atoms with Gasteiger partial charge in [-0.2, -0.15) is 4.31 Å². The second-order valence-corrected chi connectivity index (χ2v) is 9.37. The number of halogens is 2. The third-order valence-corrected chi connectivity index (χ3v) is 7.32. The van der Waals surface area contributed by atoms with Crippen molar-refractivity contribution in [1.29, 1.82) is 0 Å². The smallest absolute Gasteiger partial charge is 0.373 e. The van der Waals surface area contributed by atoms with Crippen LogP contribution in [0.1, 0.15) is 29.2 Å². The van der Waals surface area contributed by atoms with Crippen molar-refractivity contribution in [3.63, 3.8) is 0 Å². The van der Waals surface area contributed by atoms with E-state index in [1.54, 1.807) is 0 Å². The van der Waals surface area contributed by atoms with Crippen LogP contribution in [-0.2, 0) is 30.9 Å². The van der Waals surface area contributed by atoms with Gasteiger partial charge in [0.15, 0.2) is 0 Å². The molecule has 0 aliphatic carbocycles. The van der Waals surface area contributed by atoms with Crippen LogP contribution >= 0.6 is 23.2 Å². The van der Waals surface area contributed by atoms with E-state index in [2.05, 4.69) is 4.74 Å². The maximum atomic E-state index is 12.8. The molecule has 0 radical (unpaired) electrons. The normalized spacial score (nSPS) is 15.7. The lowest BCUT2D eigenvalue weighted by atomic mass is 9.98. The molecule has 1 fully saturated rings. The first-order valence-corrected chi connectivity index (χ1v) is 11.2. The highest BCUT2D eigenvalue weighted by molar-refractivity contribution is 7.89. The fraction of sp³-hybridized carbons (Fsp3) is 0.368. The summed E-state index contributed by atoms with van der Waals surface area (Å²) in [4.78, 5) is 23.6. The number of piperidine rings is 1. The van der Waals surface area contributed by atoms with Gasteiger partial charge in [0.2, 0.25) is 15.8 Å². The van der Waals surface area contributed by atoms with Crippen molar-refractivity contribution in [3.05, 3.63) is 51.9 Å². The Labute approximate surface area is 183 Å². The van der Waals surface area contributed by atoms with Crippen LogP contribution in [0.4, 0.5) is 0 Å². The lowest BCUT2D eigenvalue weighted by Gasteiger charge is -2.30. The highest BCUT2D eigenvalue weighted by Gasteiger charge is 2.34. The van der Waals surface area contributed by atoms with Gasteiger partial charge in [-0.3, -0.25) is 4.79 Å². The minimum atomic E-state index is -3.82. The molecule has 0 bridgehead atoms. The van der Waals surface area contributed by atoms with Crippen LogP contribution in [0.15, 0.2) is 39.6 Å². The van der Waals surface area contributed by atoms with Gasteiger partial charge in [0.1, 0.15) is 17.3 Å². The van der Waals surface area contributed by atoms with Gasteiger partial charge in [-0.05, 0) is 43.2 Å². The molecule has 1 aliphatic rings. The number of hydrogen-bond acceptors (Lipinski definition) is 7. The molecule has 0 saturated carbocycles. The molecule has 30 heavy (non-hydrogen) atoms. The molecule has 0 unspecified atom stereocenters. The maximum absolute atomic E-state index is 12.8. The molecule has 3 rings (SSSR count). The van der Waals surface area contributed by atoms with E-state index in [4.69, 9.17) is 32.4 Å². The molecular formula is C19H19Cl2NO7S. The monoisotopic (exact) mass is 475 g/mol. The zero-order valence-electron chi connectivity index (χ0n) is 16.0. The van der Waals surface area contributed by atoms with Gasteiger partial charge < -0.3 is 13.9 Å². The summed E-state index contributed by atoms with van der Waals surface area (Å²) in [5, 5.41) is 0.357. The Morgan fingerprint density at radius 2 is 1.87 bits per heavy atom. The van der Waals surface area contributed by atoms with E-state index in [0.717, 1.165) is 0 Å². The number of nitrogens with zero attached hydrogens (tertiary/aromatic N) is 1. The zero-order chi connectivity index (χ0) is 21.9. The summed E-state index contributed by atoms with van der Waals surface area (Å²) < 4.78 is 42.0. The summed E-state index contributed by atoms with van der Waals surface area (Å²) in [7, 11) is -2.59. The molecule has 1 aliphatic heterocycles. The molecular weight excluding hydrogens is 457 g/mol. The van der Waals surface area contributed by atoms with Crippen LogP contribution < -0.4 is 0 Å². The van der Waals surface area contributed by atoms with Crippen molar-refractivity contribution in [2.45, 2.75) is 24.3 Å². The van der Waals surface area contributed by atoms with Crippen LogP contribution in [0, 0.1) is 5.92 Å². The molecule has 1 aromatic carbocycles. The lowest BCUT2D eigenvalue weighted by Crippen LogP contribution is -2.40. The van der Waals surface area contributed by atoms with Crippen LogP contribution in [-0.4, -0.2) is 44.9 Å². The molecule has 162 valence electrons. The molecule has 0 N–H and O–H groups in total. The number of furan rings is 1. The van der Waals surface area contributed by atoms with Gasteiger partial charge >= 0.3 is 11.9 Å². The molecule has 0 atom stereocenters. The van der Waals surface area contributed by atoms with Crippen molar-refractivity contribution >= 4 is 45.2 Å². The Morgan fingerprint density at radius 1 is 1.17 bits per heavy atom. The van der Waals surface area contributed by atoms with Gasteiger partial charge in [0.05, 0.1) is 18.1 Å². The van der Waals surface area contributed by atoms with E-state index in [-0.39, 0.29) is 40.4 Å². The number of benzene rings is 1. The van der Waals surface area contributed by atoms with Crippen LogP contribution in [0.25, 0.3) is 0 Å². The fourth-order valence-electron chi connectivity index (χ4n) is 3.07. The molecule has 11 heteroatoms.